The van der Waals surface area contributed by atoms with Crippen LogP contribution >= 0.6 is 22.6 Å². The van der Waals surface area contributed by atoms with Gasteiger partial charge in [0.25, 0.3) is 0 Å². The van der Waals surface area contributed by atoms with Crippen molar-refractivity contribution in [2.24, 2.45) is 11.3 Å². The molecular formula is C22H23IO. The standard InChI is InChI=1S/C22H23IO/c1-22-14-16(13-17(22)9-3-5-12-20(22)24)21(23)19-11-6-8-15-7-2-4-10-18(15)19/h2,4,6-8,10-11,17H,3,5,9,12-14H2,1H3/b21-16+/t17-,22+/m1/s1. The molecule has 0 heterocycles. The topological polar surface area (TPSA) is 17.1 Å². The first-order valence-corrected chi connectivity index (χ1v) is 10.1. The second-order valence-corrected chi connectivity index (χ2v) is 8.69. The Kier molecular flexibility index (Phi) is 4.27. The third-order valence-electron chi connectivity index (χ3n) is 6.15. The summed E-state index contributed by atoms with van der Waals surface area (Å²) in [4.78, 5) is 12.7. The zero-order chi connectivity index (χ0) is 16.7. The highest BCUT2D eigenvalue weighted by Gasteiger charge is 2.47. The van der Waals surface area contributed by atoms with Crippen LogP contribution in [0.15, 0.2) is 48.0 Å². The van der Waals surface area contributed by atoms with Crippen molar-refractivity contribution in [3.63, 3.8) is 0 Å². The molecule has 2 heteroatoms. The van der Waals surface area contributed by atoms with E-state index in [1.165, 1.54) is 38.3 Å². The normalized spacial score (nSPS) is 29.4. The van der Waals surface area contributed by atoms with Gasteiger partial charge in [0.15, 0.2) is 0 Å². The summed E-state index contributed by atoms with van der Waals surface area (Å²) < 4.78 is 1.37. The average Bonchev–Trinajstić information content (AvgIpc) is 2.89. The van der Waals surface area contributed by atoms with Crippen molar-refractivity contribution in [2.45, 2.75) is 45.4 Å². The smallest absolute Gasteiger partial charge is 0.139 e. The van der Waals surface area contributed by atoms with Gasteiger partial charge in [0.1, 0.15) is 5.78 Å². The zero-order valence-electron chi connectivity index (χ0n) is 14.1. The predicted octanol–water partition coefficient (Wildman–Crippen LogP) is 6.55. The summed E-state index contributed by atoms with van der Waals surface area (Å²) in [6.45, 7) is 2.23. The van der Waals surface area contributed by atoms with Crippen LogP contribution in [0.1, 0.15) is 51.0 Å². The summed E-state index contributed by atoms with van der Waals surface area (Å²) in [5.41, 5.74) is 2.71. The van der Waals surface area contributed by atoms with Gasteiger partial charge in [-0.3, -0.25) is 4.79 Å². The van der Waals surface area contributed by atoms with Gasteiger partial charge in [-0.2, -0.15) is 0 Å². The number of ketones is 1. The molecular weight excluding hydrogens is 407 g/mol. The molecule has 2 aliphatic carbocycles. The minimum Gasteiger partial charge on any atom is -0.299 e. The largest absolute Gasteiger partial charge is 0.299 e. The Morgan fingerprint density at radius 3 is 2.79 bits per heavy atom. The molecule has 0 spiro atoms. The van der Waals surface area contributed by atoms with Gasteiger partial charge >= 0.3 is 0 Å². The summed E-state index contributed by atoms with van der Waals surface area (Å²) in [5, 5.41) is 2.61. The second kappa shape index (κ2) is 6.29. The molecule has 2 aromatic rings. The highest BCUT2D eigenvalue weighted by atomic mass is 127. The fourth-order valence-corrected chi connectivity index (χ4v) is 5.55. The molecule has 4 rings (SSSR count). The zero-order valence-corrected chi connectivity index (χ0v) is 16.3. The van der Waals surface area contributed by atoms with Crippen molar-refractivity contribution in [3.05, 3.63) is 53.6 Å². The first-order valence-electron chi connectivity index (χ1n) is 8.98. The van der Waals surface area contributed by atoms with E-state index in [2.05, 4.69) is 72.0 Å². The minimum atomic E-state index is -0.118. The molecule has 0 unspecified atom stereocenters. The first-order chi connectivity index (χ1) is 11.6. The maximum atomic E-state index is 12.7. The number of hydrogen-bond donors (Lipinski definition) is 0. The van der Waals surface area contributed by atoms with Gasteiger partial charge in [-0.05, 0) is 70.5 Å². The summed E-state index contributed by atoms with van der Waals surface area (Å²) in [7, 11) is 0. The van der Waals surface area contributed by atoms with Gasteiger partial charge in [-0.1, -0.05) is 61.4 Å². The lowest BCUT2D eigenvalue weighted by Gasteiger charge is -2.27. The third kappa shape index (κ3) is 2.63. The summed E-state index contributed by atoms with van der Waals surface area (Å²) >= 11 is 2.52. The summed E-state index contributed by atoms with van der Waals surface area (Å²) in [5.74, 6) is 1.05. The Balaban J connectivity index is 1.78. The lowest BCUT2D eigenvalue weighted by molar-refractivity contribution is -0.129. The Labute approximate surface area is 157 Å². The number of Topliss-reactive ketones (excluding diaryl/α,β-unsaturated/α-hetero) is 1. The van der Waals surface area contributed by atoms with Gasteiger partial charge in [0.2, 0.25) is 0 Å². The van der Waals surface area contributed by atoms with Crippen LogP contribution in [0, 0.1) is 11.3 Å². The van der Waals surface area contributed by atoms with Gasteiger partial charge in [0.05, 0.1) is 0 Å². The van der Waals surface area contributed by atoms with Gasteiger partial charge in [-0.15, -0.1) is 0 Å². The van der Waals surface area contributed by atoms with Crippen LogP contribution in [0.25, 0.3) is 14.4 Å². The fourth-order valence-electron chi connectivity index (χ4n) is 4.67. The van der Waals surface area contributed by atoms with Gasteiger partial charge in [-0.25, -0.2) is 0 Å². The fraction of sp³-hybridized carbons (Fsp3) is 0.409. The van der Waals surface area contributed by atoms with E-state index in [9.17, 15) is 4.79 Å². The van der Waals surface area contributed by atoms with E-state index >= 15 is 0 Å². The van der Waals surface area contributed by atoms with Crippen molar-refractivity contribution >= 4 is 42.7 Å². The molecule has 24 heavy (non-hydrogen) atoms. The van der Waals surface area contributed by atoms with Crippen LogP contribution in [0.2, 0.25) is 0 Å². The first kappa shape index (κ1) is 16.3. The molecule has 1 nitrogen and oxygen atoms in total. The quantitative estimate of drug-likeness (QED) is 0.469. The lowest BCUT2D eigenvalue weighted by Crippen LogP contribution is -2.29. The molecule has 0 bridgehead atoms. The van der Waals surface area contributed by atoms with E-state index < -0.39 is 0 Å². The van der Waals surface area contributed by atoms with Crippen LogP contribution in [-0.2, 0) is 4.79 Å². The number of benzene rings is 2. The van der Waals surface area contributed by atoms with E-state index in [1.54, 1.807) is 0 Å². The molecule has 0 radical (unpaired) electrons. The second-order valence-electron chi connectivity index (χ2n) is 7.61. The van der Waals surface area contributed by atoms with Crippen molar-refractivity contribution in [2.75, 3.05) is 0 Å². The van der Waals surface area contributed by atoms with E-state index in [0.717, 1.165) is 25.7 Å². The number of allylic oxidation sites excluding steroid dienone is 1. The predicted molar refractivity (Wildman–Crippen MR) is 109 cm³/mol. The van der Waals surface area contributed by atoms with Crippen molar-refractivity contribution in [3.8, 4) is 0 Å². The summed E-state index contributed by atoms with van der Waals surface area (Å²) in [6, 6.07) is 15.2. The van der Waals surface area contributed by atoms with Gasteiger partial charge in [0, 0.05) is 15.4 Å². The highest BCUT2D eigenvalue weighted by Crippen LogP contribution is 2.54. The number of rotatable bonds is 1. The third-order valence-corrected chi connectivity index (χ3v) is 7.50. The maximum Gasteiger partial charge on any atom is 0.139 e. The number of carbonyl (C=O) groups excluding carboxylic acids is 1. The Morgan fingerprint density at radius 1 is 1.12 bits per heavy atom. The number of carbonyl (C=O) groups is 1. The van der Waals surface area contributed by atoms with Crippen LogP contribution < -0.4 is 0 Å². The molecule has 0 saturated heterocycles. The van der Waals surface area contributed by atoms with Crippen LogP contribution in [0.3, 0.4) is 0 Å². The number of halogens is 1. The molecule has 0 aliphatic heterocycles. The average molecular weight is 430 g/mol. The Hall–Kier alpha value is -1.16. The lowest BCUT2D eigenvalue weighted by atomic mass is 9.75. The van der Waals surface area contributed by atoms with Crippen molar-refractivity contribution < 1.29 is 4.79 Å². The van der Waals surface area contributed by atoms with Crippen LogP contribution in [0.5, 0.6) is 0 Å². The molecule has 124 valence electrons. The molecule has 0 aromatic heterocycles. The molecule has 0 N–H and O–H groups in total. The van der Waals surface area contributed by atoms with Crippen molar-refractivity contribution in [1.29, 1.82) is 0 Å². The number of hydrogen-bond acceptors (Lipinski definition) is 1. The minimum absolute atomic E-state index is 0.118. The molecule has 2 fully saturated rings. The van der Waals surface area contributed by atoms with E-state index in [1.807, 2.05) is 0 Å². The SMILES string of the molecule is C[C@]12C/C(=C(/I)c3cccc4ccccc34)C[C@H]1CCCCC2=O. The van der Waals surface area contributed by atoms with Crippen molar-refractivity contribution in [1.82, 2.24) is 0 Å². The van der Waals surface area contributed by atoms with E-state index in [0.29, 0.717) is 11.7 Å². The van der Waals surface area contributed by atoms with Gasteiger partial charge < -0.3 is 0 Å². The molecule has 2 aliphatic rings. The highest BCUT2D eigenvalue weighted by molar-refractivity contribution is 14.1. The Morgan fingerprint density at radius 2 is 1.92 bits per heavy atom. The molecule has 0 amide bonds. The van der Waals surface area contributed by atoms with Crippen LogP contribution in [0.4, 0.5) is 0 Å². The molecule has 2 atom stereocenters. The molecule has 2 aromatic carbocycles. The summed E-state index contributed by atoms with van der Waals surface area (Å²) in [6.07, 6.45) is 6.35. The van der Waals surface area contributed by atoms with E-state index in [-0.39, 0.29) is 5.41 Å². The van der Waals surface area contributed by atoms with E-state index in [4.69, 9.17) is 0 Å². The molecule has 2 saturated carbocycles. The Bertz CT molecular complexity index is 829. The maximum absolute atomic E-state index is 12.7. The monoisotopic (exact) mass is 430 g/mol. The van der Waals surface area contributed by atoms with Crippen LogP contribution in [-0.4, -0.2) is 5.78 Å². The number of fused-ring (bicyclic) bond motifs is 2.